The van der Waals surface area contributed by atoms with Crippen LogP contribution in [0.3, 0.4) is 0 Å². The second-order valence-corrected chi connectivity index (χ2v) is 2.29. The van der Waals surface area contributed by atoms with Gasteiger partial charge in [-0.2, -0.15) is 0 Å². The normalized spacial score (nSPS) is 25.5. The highest BCUT2D eigenvalue weighted by Gasteiger charge is 2.22. The fourth-order valence-corrected chi connectivity index (χ4v) is 0.853. The van der Waals surface area contributed by atoms with Crippen LogP contribution in [-0.4, -0.2) is 17.9 Å². The highest BCUT2D eigenvalue weighted by atomic mass is 19.2. The van der Waals surface area contributed by atoms with Gasteiger partial charge in [-0.1, -0.05) is 0 Å². The van der Waals surface area contributed by atoms with Gasteiger partial charge in [0.25, 0.3) is 0 Å². The third-order valence-electron chi connectivity index (χ3n) is 1.49. The molecule has 1 aliphatic rings. The molecule has 0 aromatic carbocycles. The van der Waals surface area contributed by atoms with Crippen molar-refractivity contribution in [1.82, 2.24) is 0 Å². The molecule has 0 saturated heterocycles. The molecule has 0 saturated carbocycles. The summed E-state index contributed by atoms with van der Waals surface area (Å²) in [4.78, 5) is 0. The van der Waals surface area contributed by atoms with Crippen molar-refractivity contribution >= 4 is 0 Å². The van der Waals surface area contributed by atoms with Crippen LogP contribution in [0.4, 0.5) is 13.2 Å². The van der Waals surface area contributed by atoms with Crippen molar-refractivity contribution in [2.75, 3.05) is 6.61 Å². The van der Waals surface area contributed by atoms with Crippen molar-refractivity contribution in [1.29, 1.82) is 0 Å². The summed E-state index contributed by atoms with van der Waals surface area (Å²) in [7, 11) is 0. The Balaban J connectivity index is 2.87. The Labute approximate surface area is 61.8 Å². The minimum Gasteiger partial charge on any atom is -0.392 e. The summed E-state index contributed by atoms with van der Waals surface area (Å²) in [5.74, 6) is -1.79. The van der Waals surface area contributed by atoms with Crippen molar-refractivity contribution in [2.24, 2.45) is 0 Å². The van der Waals surface area contributed by atoms with Gasteiger partial charge in [-0.25, -0.2) is 13.2 Å². The van der Waals surface area contributed by atoms with Crippen LogP contribution >= 0.6 is 0 Å². The van der Waals surface area contributed by atoms with Gasteiger partial charge in [0.05, 0.1) is 6.61 Å². The molecular weight excluding hydrogens is 157 g/mol. The Morgan fingerprint density at radius 2 is 2.18 bits per heavy atom. The van der Waals surface area contributed by atoms with Crippen molar-refractivity contribution in [3.8, 4) is 0 Å². The number of aliphatic hydroxyl groups excluding tert-OH is 1. The molecule has 0 aromatic heterocycles. The number of allylic oxidation sites excluding steroid dienone is 2. The zero-order valence-corrected chi connectivity index (χ0v) is 5.65. The molecule has 1 rings (SSSR count). The van der Waals surface area contributed by atoms with Gasteiger partial charge in [0.1, 0.15) is 11.7 Å². The molecule has 0 fully saturated rings. The smallest absolute Gasteiger partial charge is 0.158 e. The van der Waals surface area contributed by atoms with Gasteiger partial charge < -0.3 is 5.11 Å². The molecular formula is C7H7F3O. The van der Waals surface area contributed by atoms with Crippen molar-refractivity contribution < 1.29 is 18.3 Å². The largest absolute Gasteiger partial charge is 0.392 e. The van der Waals surface area contributed by atoms with Gasteiger partial charge in [0.15, 0.2) is 6.17 Å². The first-order chi connectivity index (χ1) is 5.15. The fraction of sp³-hybridized carbons (Fsp3) is 0.429. The summed E-state index contributed by atoms with van der Waals surface area (Å²) in [6.07, 6.45) is -1.79. The van der Waals surface area contributed by atoms with Crippen LogP contribution in [0.5, 0.6) is 0 Å². The van der Waals surface area contributed by atoms with E-state index in [4.69, 9.17) is 5.11 Å². The van der Waals surface area contributed by atoms with E-state index >= 15 is 0 Å². The summed E-state index contributed by atoms with van der Waals surface area (Å²) in [6, 6.07) is 0. The molecule has 0 bridgehead atoms. The lowest BCUT2D eigenvalue weighted by Gasteiger charge is -2.12. The van der Waals surface area contributed by atoms with E-state index in [1.54, 1.807) is 0 Å². The average molecular weight is 164 g/mol. The molecule has 0 spiro atoms. The zero-order chi connectivity index (χ0) is 8.43. The molecule has 1 aliphatic carbocycles. The zero-order valence-electron chi connectivity index (χ0n) is 5.65. The maximum absolute atomic E-state index is 12.5. The summed E-state index contributed by atoms with van der Waals surface area (Å²) in [6.45, 7) is -0.591. The van der Waals surface area contributed by atoms with Gasteiger partial charge in [-0.3, -0.25) is 0 Å². The van der Waals surface area contributed by atoms with Crippen molar-refractivity contribution in [2.45, 2.75) is 12.6 Å². The monoisotopic (exact) mass is 164 g/mol. The van der Waals surface area contributed by atoms with Crippen LogP contribution < -0.4 is 0 Å². The first-order valence-electron chi connectivity index (χ1n) is 3.14. The number of halogens is 3. The predicted molar refractivity (Wildman–Crippen MR) is 33.9 cm³/mol. The number of rotatable bonds is 1. The van der Waals surface area contributed by atoms with Crippen LogP contribution in [0.25, 0.3) is 0 Å². The molecule has 1 atom stereocenters. The molecule has 0 heterocycles. The molecule has 1 unspecified atom stereocenters. The third kappa shape index (κ3) is 1.63. The van der Waals surface area contributed by atoms with Crippen LogP contribution in [0.2, 0.25) is 0 Å². The molecule has 1 N–H and O–H groups in total. The molecule has 4 heteroatoms. The summed E-state index contributed by atoms with van der Waals surface area (Å²) in [5, 5.41) is 8.43. The lowest BCUT2D eigenvalue weighted by Crippen LogP contribution is -2.09. The standard InChI is InChI=1S/C7H7F3O/c8-5-2-7(10)6(9)1-4(5)3-11/h1,7,11H,2-3H2. The molecule has 0 amide bonds. The summed E-state index contributed by atoms with van der Waals surface area (Å²) < 4.78 is 37.2. The van der Waals surface area contributed by atoms with Gasteiger partial charge in [0, 0.05) is 12.0 Å². The van der Waals surface area contributed by atoms with Crippen LogP contribution in [0.15, 0.2) is 23.3 Å². The number of hydrogen-bond acceptors (Lipinski definition) is 1. The summed E-state index contributed by atoms with van der Waals surface area (Å²) >= 11 is 0. The van der Waals surface area contributed by atoms with Crippen LogP contribution in [0, 0.1) is 0 Å². The van der Waals surface area contributed by atoms with E-state index in [-0.39, 0.29) is 5.57 Å². The van der Waals surface area contributed by atoms with E-state index in [1.807, 2.05) is 0 Å². The molecule has 0 aliphatic heterocycles. The van der Waals surface area contributed by atoms with E-state index in [1.165, 1.54) is 0 Å². The first-order valence-corrected chi connectivity index (χ1v) is 3.14. The SMILES string of the molecule is OCC1=C(F)CC(F)C(F)=C1. The van der Waals surface area contributed by atoms with E-state index in [2.05, 4.69) is 0 Å². The lowest BCUT2D eigenvalue weighted by molar-refractivity contribution is 0.286. The van der Waals surface area contributed by atoms with Crippen LogP contribution in [-0.2, 0) is 0 Å². The van der Waals surface area contributed by atoms with Gasteiger partial charge in [-0.15, -0.1) is 0 Å². The maximum Gasteiger partial charge on any atom is 0.158 e. The maximum atomic E-state index is 12.5. The molecule has 0 aromatic rings. The Morgan fingerprint density at radius 3 is 2.73 bits per heavy atom. The predicted octanol–water partition coefficient (Wildman–Crippen LogP) is 1.80. The fourth-order valence-electron chi connectivity index (χ4n) is 0.853. The Hall–Kier alpha value is -0.770. The van der Waals surface area contributed by atoms with Gasteiger partial charge in [0.2, 0.25) is 0 Å². The number of hydrogen-bond donors (Lipinski definition) is 1. The highest BCUT2D eigenvalue weighted by molar-refractivity contribution is 5.30. The van der Waals surface area contributed by atoms with E-state index in [0.717, 1.165) is 0 Å². The first kappa shape index (κ1) is 8.33. The second-order valence-electron chi connectivity index (χ2n) is 2.29. The number of aliphatic hydroxyl groups is 1. The minimum absolute atomic E-state index is 0.170. The summed E-state index contributed by atoms with van der Waals surface area (Å²) in [5.41, 5.74) is -0.170. The molecule has 1 nitrogen and oxygen atoms in total. The third-order valence-corrected chi connectivity index (χ3v) is 1.49. The van der Waals surface area contributed by atoms with E-state index in [9.17, 15) is 13.2 Å². The van der Waals surface area contributed by atoms with E-state index in [0.29, 0.717) is 6.08 Å². The van der Waals surface area contributed by atoms with Gasteiger partial charge in [-0.05, 0) is 6.08 Å². The molecule has 11 heavy (non-hydrogen) atoms. The van der Waals surface area contributed by atoms with E-state index < -0.39 is 30.9 Å². The second kappa shape index (κ2) is 3.09. The molecule has 62 valence electrons. The Bertz CT molecular complexity index is 220. The topological polar surface area (TPSA) is 20.2 Å². The quantitative estimate of drug-likeness (QED) is 0.626. The minimum atomic E-state index is -1.88. The average Bonchev–Trinajstić information content (AvgIpc) is 1.97. The Morgan fingerprint density at radius 1 is 1.55 bits per heavy atom. The van der Waals surface area contributed by atoms with Crippen molar-refractivity contribution in [3.63, 3.8) is 0 Å². The number of alkyl halides is 1. The highest BCUT2D eigenvalue weighted by Crippen LogP contribution is 2.27. The van der Waals surface area contributed by atoms with Crippen molar-refractivity contribution in [3.05, 3.63) is 23.3 Å². The van der Waals surface area contributed by atoms with Crippen LogP contribution in [0.1, 0.15) is 6.42 Å². The Kier molecular flexibility index (Phi) is 2.34. The van der Waals surface area contributed by atoms with Gasteiger partial charge >= 0.3 is 0 Å². The lowest BCUT2D eigenvalue weighted by atomic mass is 10.0. The molecule has 0 radical (unpaired) electrons.